The van der Waals surface area contributed by atoms with Crippen LogP contribution in [0.1, 0.15) is 23.4 Å². The Morgan fingerprint density at radius 3 is 3.08 bits per heavy atom. The van der Waals surface area contributed by atoms with Crippen molar-refractivity contribution >= 4 is 5.91 Å². The molecule has 0 saturated heterocycles. The number of carbonyl (C=O) groups excluding carboxylic acids is 1. The second-order valence-corrected chi connectivity index (χ2v) is 3.13. The Morgan fingerprint density at radius 2 is 2.50 bits per heavy atom. The van der Waals surface area contributed by atoms with Crippen LogP contribution in [0.4, 0.5) is 0 Å². The van der Waals surface area contributed by atoms with E-state index in [4.69, 9.17) is 4.42 Å². The summed E-state index contributed by atoms with van der Waals surface area (Å²) in [4.78, 5) is 11.2. The summed E-state index contributed by atoms with van der Waals surface area (Å²) >= 11 is 0. The van der Waals surface area contributed by atoms with Crippen LogP contribution in [0.2, 0.25) is 0 Å². The maximum Gasteiger partial charge on any atom is 0.286 e. The van der Waals surface area contributed by atoms with E-state index >= 15 is 0 Å². The highest BCUT2D eigenvalue weighted by molar-refractivity contribution is 5.91. The number of nitrogens with one attached hydrogen (secondary N) is 1. The van der Waals surface area contributed by atoms with Gasteiger partial charge in [-0.05, 0) is 30.9 Å². The van der Waals surface area contributed by atoms with Crippen molar-refractivity contribution in [1.29, 1.82) is 0 Å². The van der Waals surface area contributed by atoms with Crippen LogP contribution >= 0.6 is 0 Å². The van der Waals surface area contributed by atoms with E-state index in [9.17, 15) is 4.79 Å². The number of hydrogen-bond donors (Lipinski definition) is 1. The topological polar surface area (TPSA) is 42.2 Å². The minimum Gasteiger partial charge on any atom is -0.459 e. The molecule has 1 saturated carbocycles. The fourth-order valence-corrected chi connectivity index (χ4v) is 1.05. The molecule has 64 valence electrons. The zero-order valence-corrected chi connectivity index (χ0v) is 6.75. The standard InChI is InChI=1S/C9H11NO2/c11-9(8-2-1-5-12-8)10-6-7-3-4-7/h1-2,5,7H,3-4,6H2,(H,10,11). The van der Waals surface area contributed by atoms with Crippen LogP contribution in [0.5, 0.6) is 0 Å². The number of amides is 1. The van der Waals surface area contributed by atoms with Crippen LogP contribution in [0, 0.1) is 5.92 Å². The van der Waals surface area contributed by atoms with Crippen molar-refractivity contribution in [3.05, 3.63) is 24.2 Å². The van der Waals surface area contributed by atoms with E-state index in [1.54, 1.807) is 12.1 Å². The van der Waals surface area contributed by atoms with Gasteiger partial charge in [0.1, 0.15) is 0 Å². The lowest BCUT2D eigenvalue weighted by molar-refractivity contribution is 0.0924. The van der Waals surface area contributed by atoms with Crippen LogP contribution in [0.15, 0.2) is 22.8 Å². The van der Waals surface area contributed by atoms with E-state index in [1.807, 2.05) is 0 Å². The number of carbonyl (C=O) groups is 1. The largest absolute Gasteiger partial charge is 0.459 e. The Balaban J connectivity index is 1.83. The molecule has 1 aromatic heterocycles. The fraction of sp³-hybridized carbons (Fsp3) is 0.444. The van der Waals surface area contributed by atoms with Crippen LogP contribution < -0.4 is 5.32 Å². The molecule has 0 aliphatic heterocycles. The van der Waals surface area contributed by atoms with Crippen LogP contribution in [-0.2, 0) is 0 Å². The first-order chi connectivity index (χ1) is 5.86. The van der Waals surface area contributed by atoms with Crippen molar-refractivity contribution in [2.24, 2.45) is 5.92 Å². The molecule has 1 N–H and O–H groups in total. The molecule has 1 heterocycles. The van der Waals surface area contributed by atoms with Crippen LogP contribution in [-0.4, -0.2) is 12.5 Å². The Labute approximate surface area is 70.8 Å². The lowest BCUT2D eigenvalue weighted by Gasteiger charge is -1.99. The van der Waals surface area contributed by atoms with Crippen molar-refractivity contribution in [3.63, 3.8) is 0 Å². The summed E-state index contributed by atoms with van der Waals surface area (Å²) in [6, 6.07) is 3.38. The molecule has 2 rings (SSSR count). The summed E-state index contributed by atoms with van der Waals surface area (Å²) in [6.07, 6.45) is 4.00. The summed E-state index contributed by atoms with van der Waals surface area (Å²) < 4.78 is 4.94. The van der Waals surface area contributed by atoms with Crippen molar-refractivity contribution in [1.82, 2.24) is 5.32 Å². The van der Waals surface area contributed by atoms with Gasteiger partial charge < -0.3 is 9.73 Å². The number of hydrogen-bond acceptors (Lipinski definition) is 2. The molecule has 1 amide bonds. The Bertz CT molecular complexity index is 262. The van der Waals surface area contributed by atoms with Gasteiger partial charge in [0.05, 0.1) is 6.26 Å². The fourth-order valence-electron chi connectivity index (χ4n) is 1.05. The molecular weight excluding hydrogens is 154 g/mol. The predicted molar refractivity (Wildman–Crippen MR) is 43.8 cm³/mol. The first-order valence-electron chi connectivity index (χ1n) is 4.18. The van der Waals surface area contributed by atoms with E-state index in [2.05, 4.69) is 5.32 Å². The molecule has 1 aliphatic carbocycles. The third kappa shape index (κ3) is 1.67. The second-order valence-electron chi connectivity index (χ2n) is 3.13. The molecule has 1 aromatic rings. The average molecular weight is 165 g/mol. The van der Waals surface area contributed by atoms with E-state index in [1.165, 1.54) is 19.1 Å². The molecule has 1 aliphatic rings. The molecule has 0 bridgehead atoms. The molecule has 12 heavy (non-hydrogen) atoms. The van der Waals surface area contributed by atoms with Gasteiger partial charge in [-0.1, -0.05) is 0 Å². The first kappa shape index (κ1) is 7.40. The van der Waals surface area contributed by atoms with Crippen molar-refractivity contribution < 1.29 is 9.21 Å². The van der Waals surface area contributed by atoms with E-state index in [-0.39, 0.29) is 5.91 Å². The maximum absolute atomic E-state index is 11.2. The molecule has 3 nitrogen and oxygen atoms in total. The Hall–Kier alpha value is -1.25. The zero-order chi connectivity index (χ0) is 8.39. The summed E-state index contributed by atoms with van der Waals surface area (Å²) in [5, 5.41) is 2.81. The van der Waals surface area contributed by atoms with Gasteiger partial charge in [-0.2, -0.15) is 0 Å². The first-order valence-corrected chi connectivity index (χ1v) is 4.18. The van der Waals surface area contributed by atoms with Crippen LogP contribution in [0.3, 0.4) is 0 Å². The molecule has 0 radical (unpaired) electrons. The van der Waals surface area contributed by atoms with Gasteiger partial charge in [-0.3, -0.25) is 4.79 Å². The molecule has 0 spiro atoms. The van der Waals surface area contributed by atoms with Gasteiger partial charge >= 0.3 is 0 Å². The van der Waals surface area contributed by atoms with Gasteiger partial charge in [0.15, 0.2) is 5.76 Å². The highest BCUT2D eigenvalue weighted by atomic mass is 16.3. The van der Waals surface area contributed by atoms with Gasteiger partial charge in [0.2, 0.25) is 0 Å². The second kappa shape index (κ2) is 3.01. The minimum atomic E-state index is -0.105. The van der Waals surface area contributed by atoms with E-state index < -0.39 is 0 Å². The zero-order valence-electron chi connectivity index (χ0n) is 6.75. The highest BCUT2D eigenvalue weighted by Crippen LogP contribution is 2.27. The molecule has 0 unspecified atom stereocenters. The monoisotopic (exact) mass is 165 g/mol. The Kier molecular flexibility index (Phi) is 1.86. The molecule has 1 fully saturated rings. The molecule has 3 heteroatoms. The third-order valence-electron chi connectivity index (χ3n) is 1.99. The molecule has 0 atom stereocenters. The summed E-state index contributed by atoms with van der Waals surface area (Å²) in [5.41, 5.74) is 0. The van der Waals surface area contributed by atoms with Crippen LogP contribution in [0.25, 0.3) is 0 Å². The Morgan fingerprint density at radius 1 is 1.67 bits per heavy atom. The predicted octanol–water partition coefficient (Wildman–Crippen LogP) is 1.42. The number of rotatable bonds is 3. The summed E-state index contributed by atoms with van der Waals surface area (Å²) in [7, 11) is 0. The van der Waals surface area contributed by atoms with Gasteiger partial charge in [0, 0.05) is 6.54 Å². The van der Waals surface area contributed by atoms with Gasteiger partial charge in [-0.25, -0.2) is 0 Å². The highest BCUT2D eigenvalue weighted by Gasteiger charge is 2.22. The number of furan rings is 1. The van der Waals surface area contributed by atoms with Crippen molar-refractivity contribution in [2.45, 2.75) is 12.8 Å². The van der Waals surface area contributed by atoms with Gasteiger partial charge in [0.25, 0.3) is 5.91 Å². The third-order valence-corrected chi connectivity index (χ3v) is 1.99. The van der Waals surface area contributed by atoms with E-state index in [0.717, 1.165) is 6.54 Å². The maximum atomic E-state index is 11.2. The molecular formula is C9H11NO2. The summed E-state index contributed by atoms with van der Waals surface area (Å²) in [6.45, 7) is 0.791. The normalized spacial score (nSPS) is 16.0. The quantitative estimate of drug-likeness (QED) is 0.736. The SMILES string of the molecule is O=C(NCC1CC1)c1ccco1. The summed E-state index contributed by atoms with van der Waals surface area (Å²) in [5.74, 6) is 1.01. The van der Waals surface area contributed by atoms with E-state index in [0.29, 0.717) is 11.7 Å². The van der Waals surface area contributed by atoms with Crippen molar-refractivity contribution in [2.75, 3.05) is 6.54 Å². The van der Waals surface area contributed by atoms with Crippen molar-refractivity contribution in [3.8, 4) is 0 Å². The average Bonchev–Trinajstić information content (AvgIpc) is 2.74. The lowest BCUT2D eigenvalue weighted by Crippen LogP contribution is -2.24. The smallest absolute Gasteiger partial charge is 0.286 e. The van der Waals surface area contributed by atoms with Gasteiger partial charge in [-0.15, -0.1) is 0 Å². The minimum absolute atomic E-state index is 0.105. The lowest BCUT2D eigenvalue weighted by atomic mass is 10.4. The molecule has 0 aromatic carbocycles.